The number of aromatic nitrogens is 1. The minimum absolute atomic E-state index is 0.0316. The molecule has 1 aliphatic carbocycles. The highest BCUT2D eigenvalue weighted by atomic mass is 32.1. The first-order valence-electron chi connectivity index (χ1n) is 10.8. The summed E-state index contributed by atoms with van der Waals surface area (Å²) in [6.07, 6.45) is 5.46. The van der Waals surface area contributed by atoms with Gasteiger partial charge in [0, 0.05) is 17.7 Å². The number of esters is 1. The maximum absolute atomic E-state index is 13.0. The van der Waals surface area contributed by atoms with Crippen LogP contribution in [0.5, 0.6) is 0 Å². The number of anilines is 1. The maximum Gasteiger partial charge on any atom is 0.311 e. The van der Waals surface area contributed by atoms with Crippen LogP contribution >= 0.6 is 11.3 Å². The van der Waals surface area contributed by atoms with Crippen molar-refractivity contribution in [3.8, 4) is 0 Å². The molecule has 0 aliphatic heterocycles. The first kappa shape index (κ1) is 22.9. The molecule has 0 saturated heterocycles. The Morgan fingerprint density at radius 1 is 1.16 bits per heavy atom. The van der Waals surface area contributed by atoms with Crippen molar-refractivity contribution in [1.29, 1.82) is 0 Å². The molecule has 0 radical (unpaired) electrons. The Balaban J connectivity index is 1.66. The fourth-order valence-corrected chi connectivity index (χ4v) is 4.42. The first-order valence-corrected chi connectivity index (χ1v) is 11.7. The van der Waals surface area contributed by atoms with E-state index in [0.717, 1.165) is 37.7 Å². The van der Waals surface area contributed by atoms with Crippen molar-refractivity contribution in [3.05, 3.63) is 47.0 Å². The number of carbonyl (C=O) groups excluding carboxylic acids is 3. The van der Waals surface area contributed by atoms with Crippen molar-refractivity contribution in [2.45, 2.75) is 57.9 Å². The molecule has 31 heavy (non-hydrogen) atoms. The number of nitrogens with zero attached hydrogens (tertiary/aromatic N) is 1. The number of nitrogens with one attached hydrogen (secondary N) is 2. The lowest BCUT2D eigenvalue weighted by Crippen LogP contribution is -2.47. The molecule has 0 spiro atoms. The quantitative estimate of drug-likeness (QED) is 0.578. The molecule has 1 aliphatic rings. The summed E-state index contributed by atoms with van der Waals surface area (Å²) in [5.41, 5.74) is 1.51. The van der Waals surface area contributed by atoms with Gasteiger partial charge < -0.3 is 15.4 Å². The largest absolute Gasteiger partial charge is 0.466 e. The monoisotopic (exact) mass is 443 g/mol. The molecule has 8 heteroatoms. The van der Waals surface area contributed by atoms with Gasteiger partial charge in [-0.1, -0.05) is 49.6 Å². The van der Waals surface area contributed by atoms with Gasteiger partial charge in [-0.05, 0) is 25.3 Å². The second-order valence-corrected chi connectivity index (χ2v) is 8.56. The van der Waals surface area contributed by atoms with Gasteiger partial charge in [0.15, 0.2) is 5.13 Å². The van der Waals surface area contributed by atoms with Crippen LogP contribution in [-0.2, 0) is 32.0 Å². The zero-order chi connectivity index (χ0) is 22.1. The number of thiazole rings is 1. The second-order valence-electron chi connectivity index (χ2n) is 7.70. The molecule has 166 valence electrons. The van der Waals surface area contributed by atoms with Crippen LogP contribution in [0.1, 0.15) is 50.3 Å². The van der Waals surface area contributed by atoms with E-state index in [9.17, 15) is 14.4 Å². The van der Waals surface area contributed by atoms with E-state index >= 15 is 0 Å². The van der Waals surface area contributed by atoms with Crippen LogP contribution in [0.3, 0.4) is 0 Å². The summed E-state index contributed by atoms with van der Waals surface area (Å²) in [6.45, 7) is 2.06. The number of hydrogen-bond donors (Lipinski definition) is 2. The van der Waals surface area contributed by atoms with Crippen molar-refractivity contribution in [2.75, 3.05) is 11.9 Å². The second kappa shape index (κ2) is 11.6. The molecular weight excluding hydrogens is 414 g/mol. The predicted molar refractivity (Wildman–Crippen MR) is 120 cm³/mol. The van der Waals surface area contributed by atoms with E-state index in [1.807, 2.05) is 30.3 Å². The van der Waals surface area contributed by atoms with E-state index in [1.54, 1.807) is 12.3 Å². The minimum atomic E-state index is -0.700. The van der Waals surface area contributed by atoms with Crippen molar-refractivity contribution in [2.24, 2.45) is 5.92 Å². The fraction of sp³-hybridized carbons (Fsp3) is 0.478. The molecule has 1 saturated carbocycles. The maximum atomic E-state index is 13.0. The predicted octanol–water partition coefficient (Wildman–Crippen LogP) is 3.50. The molecule has 0 bridgehead atoms. The SMILES string of the molecule is CCOC(=O)Cc1csc(NC(=O)C(Cc2ccccc2)NC(=O)C2CCCCC2)n1. The van der Waals surface area contributed by atoms with Crippen molar-refractivity contribution in [1.82, 2.24) is 10.3 Å². The normalized spacial score (nSPS) is 15.1. The van der Waals surface area contributed by atoms with Crippen LogP contribution < -0.4 is 10.6 Å². The highest BCUT2D eigenvalue weighted by molar-refractivity contribution is 7.13. The molecule has 1 aromatic carbocycles. The number of hydrogen-bond acceptors (Lipinski definition) is 6. The zero-order valence-electron chi connectivity index (χ0n) is 17.8. The fourth-order valence-electron chi connectivity index (χ4n) is 3.71. The molecule has 3 rings (SSSR count). The van der Waals surface area contributed by atoms with Gasteiger partial charge in [0.05, 0.1) is 18.7 Å². The summed E-state index contributed by atoms with van der Waals surface area (Å²) >= 11 is 1.25. The van der Waals surface area contributed by atoms with E-state index in [1.165, 1.54) is 11.3 Å². The molecule has 1 aromatic heterocycles. The average Bonchev–Trinajstić information content (AvgIpc) is 3.21. The zero-order valence-corrected chi connectivity index (χ0v) is 18.6. The lowest BCUT2D eigenvalue weighted by Gasteiger charge is -2.24. The molecular formula is C23H29N3O4S. The Morgan fingerprint density at radius 2 is 1.90 bits per heavy atom. The Kier molecular flexibility index (Phi) is 8.58. The van der Waals surface area contributed by atoms with Crippen LogP contribution in [0.2, 0.25) is 0 Å². The first-order chi connectivity index (χ1) is 15.0. The minimum Gasteiger partial charge on any atom is -0.466 e. The van der Waals surface area contributed by atoms with Gasteiger partial charge in [0.1, 0.15) is 6.04 Å². The van der Waals surface area contributed by atoms with Crippen LogP contribution in [0, 0.1) is 5.92 Å². The van der Waals surface area contributed by atoms with Gasteiger partial charge in [0.2, 0.25) is 11.8 Å². The molecule has 7 nitrogen and oxygen atoms in total. The third-order valence-corrected chi connectivity index (χ3v) is 6.11. The van der Waals surface area contributed by atoms with Gasteiger partial charge in [0.25, 0.3) is 0 Å². The van der Waals surface area contributed by atoms with E-state index < -0.39 is 6.04 Å². The van der Waals surface area contributed by atoms with Crippen molar-refractivity contribution < 1.29 is 19.1 Å². The van der Waals surface area contributed by atoms with Gasteiger partial charge in [-0.3, -0.25) is 14.4 Å². The molecule has 1 heterocycles. The summed E-state index contributed by atoms with van der Waals surface area (Å²) in [6, 6.07) is 8.92. The van der Waals surface area contributed by atoms with Gasteiger partial charge in [-0.25, -0.2) is 4.98 Å². The highest BCUT2D eigenvalue weighted by Gasteiger charge is 2.27. The summed E-state index contributed by atoms with van der Waals surface area (Å²) in [5.74, 6) is -0.758. The summed E-state index contributed by atoms with van der Waals surface area (Å²) in [5, 5.41) is 7.88. The number of amides is 2. The molecule has 1 atom stereocenters. The van der Waals surface area contributed by atoms with Gasteiger partial charge in [-0.15, -0.1) is 11.3 Å². The Hall–Kier alpha value is -2.74. The van der Waals surface area contributed by atoms with Crippen LogP contribution in [0.4, 0.5) is 5.13 Å². The lowest BCUT2D eigenvalue weighted by atomic mass is 9.88. The van der Waals surface area contributed by atoms with Crippen LogP contribution in [0.15, 0.2) is 35.7 Å². The molecule has 2 amide bonds. The third kappa shape index (κ3) is 7.17. The Bertz CT molecular complexity index is 878. The Labute approximate surface area is 186 Å². The highest BCUT2D eigenvalue weighted by Crippen LogP contribution is 2.24. The number of rotatable bonds is 9. The molecule has 1 unspecified atom stereocenters. The smallest absolute Gasteiger partial charge is 0.311 e. The standard InChI is InChI=1S/C23H29N3O4S/c1-2-30-20(27)14-18-15-31-23(24-18)26-22(29)19(13-16-9-5-3-6-10-16)25-21(28)17-11-7-4-8-12-17/h3,5-6,9-10,15,17,19H,2,4,7-8,11-14H2,1H3,(H,25,28)(H,24,26,29). The molecule has 2 N–H and O–H groups in total. The number of ether oxygens (including phenoxy) is 1. The summed E-state index contributed by atoms with van der Waals surface area (Å²) in [7, 11) is 0. The average molecular weight is 444 g/mol. The van der Waals surface area contributed by atoms with Crippen LogP contribution in [0.25, 0.3) is 0 Å². The number of carbonyl (C=O) groups is 3. The lowest BCUT2D eigenvalue weighted by molar-refractivity contribution is -0.142. The summed E-state index contributed by atoms with van der Waals surface area (Å²) < 4.78 is 4.93. The van der Waals surface area contributed by atoms with E-state index in [4.69, 9.17) is 4.74 Å². The van der Waals surface area contributed by atoms with Gasteiger partial charge >= 0.3 is 5.97 Å². The topological polar surface area (TPSA) is 97.4 Å². The van der Waals surface area contributed by atoms with Crippen molar-refractivity contribution in [3.63, 3.8) is 0 Å². The third-order valence-electron chi connectivity index (χ3n) is 5.30. The van der Waals surface area contributed by atoms with E-state index in [2.05, 4.69) is 15.6 Å². The van der Waals surface area contributed by atoms with Crippen LogP contribution in [-0.4, -0.2) is 35.4 Å². The Morgan fingerprint density at radius 3 is 2.61 bits per heavy atom. The van der Waals surface area contributed by atoms with E-state index in [0.29, 0.717) is 23.9 Å². The molecule has 1 fully saturated rings. The van der Waals surface area contributed by atoms with Gasteiger partial charge in [-0.2, -0.15) is 0 Å². The molecule has 2 aromatic rings. The van der Waals surface area contributed by atoms with E-state index in [-0.39, 0.29) is 30.1 Å². The van der Waals surface area contributed by atoms with Crippen molar-refractivity contribution >= 4 is 34.3 Å². The number of benzene rings is 1. The summed E-state index contributed by atoms with van der Waals surface area (Å²) in [4.78, 5) is 41.7.